The Labute approximate surface area is 205 Å². The van der Waals surface area contributed by atoms with Gasteiger partial charge in [0, 0.05) is 24.7 Å². The lowest BCUT2D eigenvalue weighted by Gasteiger charge is -2.27. The molecule has 0 unspecified atom stereocenters. The fourth-order valence-electron chi connectivity index (χ4n) is 4.62. The van der Waals surface area contributed by atoms with E-state index in [1.807, 2.05) is 0 Å². The van der Waals surface area contributed by atoms with E-state index in [0.29, 0.717) is 24.5 Å². The minimum atomic E-state index is -3.91. The summed E-state index contributed by atoms with van der Waals surface area (Å²) in [6.07, 6.45) is 3.96. The van der Waals surface area contributed by atoms with Gasteiger partial charge in [0.25, 0.3) is 0 Å². The average molecular weight is 507 g/mol. The van der Waals surface area contributed by atoms with E-state index in [0.717, 1.165) is 30.4 Å². The van der Waals surface area contributed by atoms with Crippen LogP contribution in [0.1, 0.15) is 32.6 Å². The molecular formula is C24H31ClN4O4S. The third-order valence-corrected chi connectivity index (χ3v) is 8.35. The van der Waals surface area contributed by atoms with E-state index in [2.05, 4.69) is 14.9 Å². The quantitative estimate of drug-likeness (QED) is 0.572. The fraction of sp³-hybridized carbons (Fsp3) is 0.500. The molecule has 34 heavy (non-hydrogen) atoms. The number of hydrogen-bond acceptors (Lipinski definition) is 5. The third-order valence-electron chi connectivity index (χ3n) is 6.64. The molecule has 4 rings (SSSR count). The third kappa shape index (κ3) is 5.71. The van der Waals surface area contributed by atoms with Crippen molar-refractivity contribution < 1.29 is 18.0 Å². The molecule has 0 bridgehead atoms. The van der Waals surface area contributed by atoms with Crippen LogP contribution in [0.4, 0.5) is 0 Å². The highest BCUT2D eigenvalue weighted by atomic mass is 35.5. The number of hydrogen-bond donors (Lipinski definition) is 2. The van der Waals surface area contributed by atoms with Gasteiger partial charge in [-0.1, -0.05) is 30.2 Å². The summed E-state index contributed by atoms with van der Waals surface area (Å²) >= 11 is 6.00. The molecule has 2 amide bonds. The summed E-state index contributed by atoms with van der Waals surface area (Å²) in [6.45, 7) is 5.45. The average Bonchev–Trinajstić information content (AvgIpc) is 3.18. The summed E-state index contributed by atoms with van der Waals surface area (Å²) in [5.41, 5.74) is 0. The molecule has 8 nitrogen and oxygen atoms in total. The molecule has 0 saturated carbocycles. The molecule has 2 aromatic carbocycles. The number of rotatable bonds is 8. The van der Waals surface area contributed by atoms with Crippen LogP contribution in [-0.4, -0.2) is 74.8 Å². The topological polar surface area (TPSA) is 98.8 Å². The largest absolute Gasteiger partial charge is 0.353 e. The van der Waals surface area contributed by atoms with Gasteiger partial charge in [0.1, 0.15) is 12.1 Å². The van der Waals surface area contributed by atoms with Crippen LogP contribution in [0.5, 0.6) is 0 Å². The Kier molecular flexibility index (Phi) is 7.77. The summed E-state index contributed by atoms with van der Waals surface area (Å²) in [7, 11) is -3.91. The van der Waals surface area contributed by atoms with Gasteiger partial charge >= 0.3 is 0 Å². The van der Waals surface area contributed by atoms with E-state index in [9.17, 15) is 18.0 Å². The van der Waals surface area contributed by atoms with Gasteiger partial charge in [0.05, 0.1) is 4.90 Å². The van der Waals surface area contributed by atoms with Gasteiger partial charge in [0.2, 0.25) is 21.8 Å². The summed E-state index contributed by atoms with van der Waals surface area (Å²) < 4.78 is 28.4. The van der Waals surface area contributed by atoms with Crippen LogP contribution in [0.3, 0.4) is 0 Å². The van der Waals surface area contributed by atoms with Crippen molar-refractivity contribution in [1.29, 1.82) is 0 Å². The van der Waals surface area contributed by atoms with E-state index < -0.39 is 22.1 Å². The molecule has 2 heterocycles. The molecule has 184 valence electrons. The Morgan fingerprint density at radius 2 is 1.79 bits per heavy atom. The second-order valence-electron chi connectivity index (χ2n) is 9.02. The molecule has 2 aromatic rings. The first-order valence-electron chi connectivity index (χ1n) is 11.8. The molecule has 0 aliphatic carbocycles. The monoisotopic (exact) mass is 506 g/mol. The Morgan fingerprint density at radius 3 is 2.56 bits per heavy atom. The molecule has 2 atom stereocenters. The molecule has 2 aliphatic heterocycles. The van der Waals surface area contributed by atoms with Gasteiger partial charge in [-0.25, -0.2) is 8.42 Å². The second kappa shape index (κ2) is 10.6. The molecule has 10 heteroatoms. The number of carbonyl (C=O) groups is 2. The van der Waals surface area contributed by atoms with Crippen molar-refractivity contribution in [3.8, 4) is 0 Å². The molecule has 0 radical (unpaired) electrons. The van der Waals surface area contributed by atoms with Gasteiger partial charge in [-0.15, -0.1) is 0 Å². The maximum Gasteiger partial charge on any atom is 0.242 e. The van der Waals surface area contributed by atoms with Crippen LogP contribution in [0, 0.1) is 0 Å². The van der Waals surface area contributed by atoms with Crippen LogP contribution < -0.4 is 10.0 Å². The van der Waals surface area contributed by atoms with Crippen LogP contribution in [0.15, 0.2) is 41.3 Å². The van der Waals surface area contributed by atoms with Crippen molar-refractivity contribution in [2.45, 2.75) is 49.6 Å². The first-order valence-corrected chi connectivity index (χ1v) is 13.6. The molecule has 0 aromatic heterocycles. The van der Waals surface area contributed by atoms with Crippen LogP contribution in [0.25, 0.3) is 10.8 Å². The number of halogens is 1. The Bertz CT molecular complexity index is 1170. The number of nitrogens with one attached hydrogen (secondary N) is 2. The number of likely N-dealkylation sites (tertiary alicyclic amines) is 2. The number of benzene rings is 2. The summed E-state index contributed by atoms with van der Waals surface area (Å²) in [6, 6.07) is 8.41. The summed E-state index contributed by atoms with van der Waals surface area (Å²) in [4.78, 5) is 29.4. The van der Waals surface area contributed by atoms with Crippen molar-refractivity contribution in [2.75, 3.05) is 32.7 Å². The summed E-state index contributed by atoms with van der Waals surface area (Å²) in [5.74, 6) is -0.600. The van der Waals surface area contributed by atoms with Crippen molar-refractivity contribution in [3.63, 3.8) is 0 Å². The highest BCUT2D eigenvalue weighted by molar-refractivity contribution is 7.89. The standard InChI is InChI=1S/C24H31ClN4O4S/c1-17(23(30)26-10-14-28-11-3-2-4-12-28)29-13-9-22(24(29)31)27-34(32,33)21-8-6-18-15-20(25)7-5-19(18)16-21/h5-8,15-17,22,27H,2-4,9-14H2,1H3,(H,26,30)/t17-,22-/m0/s1. The molecule has 2 aliphatic rings. The zero-order chi connectivity index (χ0) is 24.3. The lowest BCUT2D eigenvalue weighted by molar-refractivity contribution is -0.137. The summed E-state index contributed by atoms with van der Waals surface area (Å²) in [5, 5.41) is 5.05. The molecule has 2 fully saturated rings. The maximum atomic E-state index is 13.0. The number of sulfonamides is 1. The van der Waals surface area contributed by atoms with Crippen LogP contribution in [0.2, 0.25) is 5.02 Å². The zero-order valence-electron chi connectivity index (χ0n) is 19.3. The lowest BCUT2D eigenvalue weighted by Crippen LogP contribution is -2.50. The SMILES string of the molecule is C[C@@H](C(=O)NCCN1CCCCC1)N1CC[C@H](NS(=O)(=O)c2ccc3cc(Cl)ccc3c2)C1=O. The van der Waals surface area contributed by atoms with E-state index in [-0.39, 0.29) is 16.7 Å². The van der Waals surface area contributed by atoms with Crippen LogP contribution >= 0.6 is 11.6 Å². The number of carbonyl (C=O) groups excluding carboxylic acids is 2. The van der Waals surface area contributed by atoms with Crippen molar-refractivity contribution in [1.82, 2.24) is 19.8 Å². The maximum absolute atomic E-state index is 13.0. The van der Waals surface area contributed by atoms with Crippen LogP contribution in [-0.2, 0) is 19.6 Å². The van der Waals surface area contributed by atoms with E-state index in [1.54, 1.807) is 37.3 Å². The first-order chi connectivity index (χ1) is 16.2. The first kappa shape index (κ1) is 24.9. The minimum absolute atomic E-state index is 0.0806. The molecule has 2 N–H and O–H groups in total. The number of piperidine rings is 1. The lowest BCUT2D eigenvalue weighted by atomic mass is 10.1. The normalized spacial score (nSPS) is 20.6. The van der Waals surface area contributed by atoms with E-state index in [1.165, 1.54) is 30.2 Å². The van der Waals surface area contributed by atoms with E-state index in [4.69, 9.17) is 11.6 Å². The predicted octanol–water partition coefficient (Wildman–Crippen LogP) is 2.36. The Morgan fingerprint density at radius 1 is 1.09 bits per heavy atom. The smallest absolute Gasteiger partial charge is 0.242 e. The minimum Gasteiger partial charge on any atom is -0.353 e. The number of fused-ring (bicyclic) bond motifs is 1. The second-order valence-corrected chi connectivity index (χ2v) is 11.2. The molecule has 0 spiro atoms. The number of amides is 2. The van der Waals surface area contributed by atoms with Gasteiger partial charge in [-0.05, 0) is 74.3 Å². The highest BCUT2D eigenvalue weighted by Crippen LogP contribution is 2.24. The van der Waals surface area contributed by atoms with Gasteiger partial charge in [-0.2, -0.15) is 4.72 Å². The van der Waals surface area contributed by atoms with Gasteiger partial charge < -0.3 is 15.1 Å². The predicted molar refractivity (Wildman–Crippen MR) is 132 cm³/mol. The van der Waals surface area contributed by atoms with Gasteiger partial charge in [-0.3, -0.25) is 9.59 Å². The van der Waals surface area contributed by atoms with E-state index >= 15 is 0 Å². The number of nitrogens with zero attached hydrogens (tertiary/aromatic N) is 2. The Hall–Kier alpha value is -2.20. The van der Waals surface area contributed by atoms with Gasteiger partial charge in [0.15, 0.2) is 0 Å². The zero-order valence-corrected chi connectivity index (χ0v) is 20.9. The Balaban J connectivity index is 1.34. The van der Waals surface area contributed by atoms with Crippen molar-refractivity contribution in [3.05, 3.63) is 41.4 Å². The fourth-order valence-corrected chi connectivity index (χ4v) is 6.06. The van der Waals surface area contributed by atoms with Crippen molar-refractivity contribution >= 4 is 44.2 Å². The molecule has 2 saturated heterocycles. The molecular weight excluding hydrogens is 476 g/mol. The highest BCUT2D eigenvalue weighted by Gasteiger charge is 2.39. The van der Waals surface area contributed by atoms with Crippen molar-refractivity contribution in [2.24, 2.45) is 0 Å².